The number of rotatable bonds is 0. The maximum atomic E-state index is 3.44. The van der Waals surface area contributed by atoms with Crippen LogP contribution in [0.5, 0.6) is 0 Å². The van der Waals surface area contributed by atoms with Gasteiger partial charge in [-0.2, -0.15) is 0 Å². The lowest BCUT2D eigenvalue weighted by atomic mass is 10.0. The van der Waals surface area contributed by atoms with E-state index in [-0.39, 0.29) is 0 Å². The number of hydrogen-bond acceptors (Lipinski definition) is 0. The molecule has 16 heavy (non-hydrogen) atoms. The molecule has 1 aromatic carbocycles. The van der Waals surface area contributed by atoms with E-state index in [9.17, 15) is 0 Å². The molecule has 0 unspecified atom stereocenters. The molecule has 0 spiro atoms. The molecule has 0 heterocycles. The van der Waals surface area contributed by atoms with Gasteiger partial charge in [-0.25, -0.2) is 0 Å². The molecule has 0 amide bonds. The molecule has 2 aliphatic carbocycles. The van der Waals surface area contributed by atoms with Crippen LogP contribution in [-0.2, 0) is 0 Å². The Hall–Kier alpha value is -2.04. The SMILES string of the molecule is CC1=c2ccccc2=CC2=C=C1C=CC=C2. The molecule has 2 bridgehead atoms. The first-order valence-electron chi connectivity index (χ1n) is 5.48. The summed E-state index contributed by atoms with van der Waals surface area (Å²) in [5, 5.41) is 2.58. The summed E-state index contributed by atoms with van der Waals surface area (Å²) < 4.78 is 0. The molecule has 0 N–H and O–H groups in total. The molecule has 0 saturated carbocycles. The summed E-state index contributed by atoms with van der Waals surface area (Å²) in [4.78, 5) is 0. The molecule has 0 fully saturated rings. The molecular formula is C16H12. The zero-order valence-corrected chi connectivity index (χ0v) is 9.20. The number of allylic oxidation sites excluding steroid dienone is 5. The van der Waals surface area contributed by atoms with Gasteiger partial charge in [-0.3, -0.25) is 0 Å². The van der Waals surface area contributed by atoms with Gasteiger partial charge < -0.3 is 0 Å². The standard InChI is InChI=1S/C16H12/c1-12-14-7-3-2-6-13(10-14)11-15-8-4-5-9-16(12)15/h2-9,11H,1H3. The lowest BCUT2D eigenvalue weighted by Gasteiger charge is -1.99. The second-order valence-corrected chi connectivity index (χ2v) is 4.07. The van der Waals surface area contributed by atoms with Crippen molar-refractivity contribution in [2.75, 3.05) is 0 Å². The van der Waals surface area contributed by atoms with E-state index in [0.29, 0.717) is 0 Å². The monoisotopic (exact) mass is 204 g/mol. The van der Waals surface area contributed by atoms with Gasteiger partial charge in [0, 0.05) is 11.1 Å². The Labute approximate surface area is 94.9 Å². The summed E-state index contributed by atoms with van der Waals surface area (Å²) in [5.41, 5.74) is 7.06. The van der Waals surface area contributed by atoms with E-state index in [1.54, 1.807) is 0 Å². The molecule has 0 nitrogen and oxygen atoms in total. The first-order chi connectivity index (χ1) is 7.84. The van der Waals surface area contributed by atoms with Crippen LogP contribution < -0.4 is 10.4 Å². The van der Waals surface area contributed by atoms with Gasteiger partial charge in [0.1, 0.15) is 0 Å². The first kappa shape index (κ1) is 9.21. The van der Waals surface area contributed by atoms with Gasteiger partial charge in [-0.05, 0) is 41.2 Å². The van der Waals surface area contributed by atoms with E-state index in [4.69, 9.17) is 0 Å². The highest BCUT2D eigenvalue weighted by Crippen LogP contribution is 2.15. The van der Waals surface area contributed by atoms with E-state index in [2.05, 4.69) is 67.3 Å². The fraction of sp³-hybridized carbons (Fsp3) is 0.0625. The molecule has 2 aliphatic rings. The zero-order valence-electron chi connectivity index (χ0n) is 9.20. The van der Waals surface area contributed by atoms with Gasteiger partial charge in [0.25, 0.3) is 0 Å². The summed E-state index contributed by atoms with van der Waals surface area (Å²) in [6.45, 7) is 2.16. The van der Waals surface area contributed by atoms with Crippen LogP contribution >= 0.6 is 0 Å². The predicted octanol–water partition coefficient (Wildman–Crippen LogP) is 2.23. The normalized spacial score (nSPS) is 16.7. The Morgan fingerprint density at radius 1 is 1.00 bits per heavy atom. The van der Waals surface area contributed by atoms with Crippen molar-refractivity contribution in [3.05, 3.63) is 75.9 Å². The Morgan fingerprint density at radius 2 is 1.81 bits per heavy atom. The minimum Gasteiger partial charge on any atom is -0.105 e. The smallest absolute Gasteiger partial charge is 0.0206 e. The third-order valence-electron chi connectivity index (χ3n) is 3.01. The first-order valence-corrected chi connectivity index (χ1v) is 5.48. The minimum absolute atomic E-state index is 1.14. The van der Waals surface area contributed by atoms with E-state index >= 15 is 0 Å². The van der Waals surface area contributed by atoms with Crippen LogP contribution in [0.15, 0.2) is 65.4 Å². The van der Waals surface area contributed by atoms with Gasteiger partial charge in [0.05, 0.1) is 0 Å². The van der Waals surface area contributed by atoms with Gasteiger partial charge in [-0.15, -0.1) is 5.73 Å². The second kappa shape index (κ2) is 3.52. The fourth-order valence-electron chi connectivity index (χ4n) is 2.13. The molecule has 1 aromatic rings. The summed E-state index contributed by atoms with van der Waals surface area (Å²) in [6.07, 6.45) is 10.5. The van der Waals surface area contributed by atoms with E-state index in [1.165, 1.54) is 21.6 Å². The Bertz CT molecular complexity index is 688. The van der Waals surface area contributed by atoms with Crippen LogP contribution in [0.1, 0.15) is 6.92 Å². The van der Waals surface area contributed by atoms with Crippen molar-refractivity contribution in [3.8, 4) is 0 Å². The van der Waals surface area contributed by atoms with Crippen molar-refractivity contribution < 1.29 is 0 Å². The maximum absolute atomic E-state index is 3.44. The van der Waals surface area contributed by atoms with E-state index in [1.807, 2.05) is 0 Å². The highest BCUT2D eigenvalue weighted by atomic mass is 14.1. The lowest BCUT2D eigenvalue weighted by Crippen LogP contribution is -2.25. The molecular weight excluding hydrogens is 192 g/mol. The van der Waals surface area contributed by atoms with Crippen LogP contribution in [0.3, 0.4) is 0 Å². The summed E-state index contributed by atoms with van der Waals surface area (Å²) in [5.74, 6) is 0. The van der Waals surface area contributed by atoms with Crippen LogP contribution in [0.25, 0.3) is 11.6 Å². The van der Waals surface area contributed by atoms with Crippen LogP contribution in [0.4, 0.5) is 0 Å². The van der Waals surface area contributed by atoms with Crippen molar-refractivity contribution in [1.82, 2.24) is 0 Å². The predicted molar refractivity (Wildman–Crippen MR) is 68.1 cm³/mol. The highest BCUT2D eigenvalue weighted by molar-refractivity contribution is 5.72. The van der Waals surface area contributed by atoms with Gasteiger partial charge in [0.15, 0.2) is 0 Å². The van der Waals surface area contributed by atoms with Crippen LogP contribution in [-0.4, -0.2) is 0 Å². The summed E-state index contributed by atoms with van der Waals surface area (Å²) in [6, 6.07) is 8.49. The van der Waals surface area contributed by atoms with Crippen molar-refractivity contribution in [2.45, 2.75) is 6.92 Å². The fourth-order valence-corrected chi connectivity index (χ4v) is 2.13. The summed E-state index contributed by atoms with van der Waals surface area (Å²) >= 11 is 0. The average Bonchev–Trinajstić information content (AvgIpc) is 2.61. The number of benzene rings is 1. The average molecular weight is 204 g/mol. The van der Waals surface area contributed by atoms with Crippen molar-refractivity contribution in [3.63, 3.8) is 0 Å². The van der Waals surface area contributed by atoms with Crippen molar-refractivity contribution in [1.29, 1.82) is 0 Å². The largest absolute Gasteiger partial charge is 0.105 e. The van der Waals surface area contributed by atoms with E-state index in [0.717, 1.165) is 5.57 Å². The van der Waals surface area contributed by atoms with Gasteiger partial charge >= 0.3 is 0 Å². The van der Waals surface area contributed by atoms with E-state index < -0.39 is 0 Å². The molecule has 3 rings (SSSR count). The van der Waals surface area contributed by atoms with Crippen molar-refractivity contribution in [2.24, 2.45) is 0 Å². The second-order valence-electron chi connectivity index (χ2n) is 4.07. The third kappa shape index (κ3) is 1.41. The van der Waals surface area contributed by atoms with Gasteiger partial charge in [-0.1, -0.05) is 36.4 Å². The quantitative estimate of drug-likeness (QED) is 0.568. The molecule has 0 heteroatoms. The molecule has 0 saturated heterocycles. The molecule has 0 radical (unpaired) electrons. The summed E-state index contributed by atoms with van der Waals surface area (Å²) in [7, 11) is 0. The number of fused-ring (bicyclic) bond motifs is 1. The maximum Gasteiger partial charge on any atom is 0.0206 e. The van der Waals surface area contributed by atoms with Crippen molar-refractivity contribution >= 4 is 11.6 Å². The Morgan fingerprint density at radius 3 is 2.75 bits per heavy atom. The lowest BCUT2D eigenvalue weighted by molar-refractivity contribution is 1.46. The van der Waals surface area contributed by atoms with Crippen LogP contribution in [0, 0.1) is 0 Å². The Kier molecular flexibility index (Phi) is 2.02. The Balaban J connectivity index is 2.49. The molecule has 76 valence electrons. The number of hydrogen-bond donors (Lipinski definition) is 0. The highest BCUT2D eigenvalue weighted by Gasteiger charge is 2.03. The van der Waals surface area contributed by atoms with Gasteiger partial charge in [0.2, 0.25) is 0 Å². The minimum atomic E-state index is 1.14. The topological polar surface area (TPSA) is 0 Å². The molecule has 0 atom stereocenters. The molecule has 0 aromatic heterocycles. The zero-order chi connectivity index (χ0) is 11.0. The third-order valence-corrected chi connectivity index (χ3v) is 3.01. The van der Waals surface area contributed by atoms with Crippen LogP contribution in [0.2, 0.25) is 0 Å². The molecule has 0 aliphatic heterocycles.